The monoisotopic (exact) mass is 417 g/mol. The predicted molar refractivity (Wildman–Crippen MR) is 107 cm³/mol. The van der Waals surface area contributed by atoms with E-state index in [2.05, 4.69) is 15.3 Å². The van der Waals surface area contributed by atoms with Crippen LogP contribution in [0.3, 0.4) is 0 Å². The number of aromatic nitrogens is 2. The summed E-state index contributed by atoms with van der Waals surface area (Å²) in [6.07, 6.45) is 3.08. The fourth-order valence-electron chi connectivity index (χ4n) is 3.10. The summed E-state index contributed by atoms with van der Waals surface area (Å²) in [5.41, 5.74) is 0.359. The number of piperazine rings is 1. The highest BCUT2D eigenvalue weighted by molar-refractivity contribution is 7.89. The number of carbonyl (C=O) groups is 2. The Morgan fingerprint density at radius 3 is 2.34 bits per heavy atom. The van der Waals surface area contributed by atoms with E-state index in [1.165, 1.54) is 35.8 Å². The molecule has 10 heteroatoms. The van der Waals surface area contributed by atoms with Crippen LogP contribution >= 0.6 is 0 Å². The summed E-state index contributed by atoms with van der Waals surface area (Å²) < 4.78 is 27.2. The maximum atomic E-state index is 12.9. The topological polar surface area (TPSA) is 113 Å². The first-order valence-electron chi connectivity index (χ1n) is 9.22. The molecule has 1 saturated heterocycles. The molecule has 2 aromatic rings. The standard InChI is InChI=1S/C19H23N5O4S/c1-14(18(26)22-19-20-7-4-8-21-19)23-9-11-24(12-10-23)29(27,28)17-6-3-5-16(13-17)15(2)25/h3-8,13-14H,9-12H2,1-2H3,(H,20,21,22,26)/t14-/m1/s1. The van der Waals surface area contributed by atoms with Crippen molar-refractivity contribution in [3.8, 4) is 0 Å². The number of sulfonamides is 1. The van der Waals surface area contributed by atoms with E-state index in [0.717, 1.165) is 0 Å². The van der Waals surface area contributed by atoms with Gasteiger partial charge in [-0.05, 0) is 32.0 Å². The lowest BCUT2D eigenvalue weighted by molar-refractivity contribution is -0.121. The van der Waals surface area contributed by atoms with E-state index in [9.17, 15) is 18.0 Å². The Bertz CT molecular complexity index is 989. The molecule has 1 aromatic carbocycles. The average Bonchev–Trinajstić information content (AvgIpc) is 2.74. The Balaban J connectivity index is 1.63. The van der Waals surface area contributed by atoms with Gasteiger partial charge in [-0.15, -0.1) is 0 Å². The lowest BCUT2D eigenvalue weighted by Gasteiger charge is -2.36. The Morgan fingerprint density at radius 1 is 1.07 bits per heavy atom. The molecule has 1 fully saturated rings. The SMILES string of the molecule is CC(=O)c1cccc(S(=O)(=O)N2CCN([C@H](C)C(=O)Nc3ncccn3)CC2)c1. The zero-order chi connectivity index (χ0) is 21.0. The van der Waals surface area contributed by atoms with E-state index in [1.807, 2.05) is 4.90 Å². The van der Waals surface area contributed by atoms with Crippen LogP contribution in [0.5, 0.6) is 0 Å². The number of nitrogens with zero attached hydrogens (tertiary/aromatic N) is 4. The predicted octanol–water partition coefficient (Wildman–Crippen LogP) is 1.01. The lowest BCUT2D eigenvalue weighted by atomic mass is 10.2. The summed E-state index contributed by atoms with van der Waals surface area (Å²) in [6, 6.07) is 7.26. The molecule has 1 amide bonds. The van der Waals surface area contributed by atoms with E-state index < -0.39 is 16.1 Å². The lowest BCUT2D eigenvalue weighted by Crippen LogP contribution is -2.54. The van der Waals surface area contributed by atoms with Gasteiger partial charge in [-0.1, -0.05) is 12.1 Å². The molecule has 1 aromatic heterocycles. The Kier molecular flexibility index (Phi) is 6.36. The van der Waals surface area contributed by atoms with Crippen LogP contribution in [0, 0.1) is 0 Å². The second kappa shape index (κ2) is 8.76. The normalized spacial score (nSPS) is 16.9. The van der Waals surface area contributed by atoms with Crippen molar-refractivity contribution in [1.29, 1.82) is 0 Å². The second-order valence-corrected chi connectivity index (χ2v) is 8.70. The summed E-state index contributed by atoms with van der Waals surface area (Å²) >= 11 is 0. The van der Waals surface area contributed by atoms with Gasteiger partial charge in [-0.25, -0.2) is 18.4 Å². The van der Waals surface area contributed by atoms with Crippen molar-refractivity contribution in [3.63, 3.8) is 0 Å². The van der Waals surface area contributed by atoms with Crippen molar-refractivity contribution in [3.05, 3.63) is 48.3 Å². The molecule has 154 valence electrons. The minimum absolute atomic E-state index is 0.102. The first-order chi connectivity index (χ1) is 13.8. The van der Waals surface area contributed by atoms with Gasteiger partial charge in [0, 0.05) is 44.1 Å². The van der Waals surface area contributed by atoms with E-state index in [4.69, 9.17) is 0 Å². The largest absolute Gasteiger partial charge is 0.295 e. The molecule has 0 spiro atoms. The second-order valence-electron chi connectivity index (χ2n) is 6.76. The number of benzene rings is 1. The van der Waals surface area contributed by atoms with Crippen LogP contribution in [0.25, 0.3) is 0 Å². The van der Waals surface area contributed by atoms with Crippen LogP contribution in [-0.2, 0) is 14.8 Å². The molecule has 0 aliphatic carbocycles. The van der Waals surface area contributed by atoms with Gasteiger partial charge in [0.25, 0.3) is 0 Å². The van der Waals surface area contributed by atoms with Crippen LogP contribution in [0.1, 0.15) is 24.2 Å². The Hall–Kier alpha value is -2.69. The third-order valence-corrected chi connectivity index (χ3v) is 6.77. The fourth-order valence-corrected chi connectivity index (χ4v) is 4.57. The van der Waals surface area contributed by atoms with Gasteiger partial charge in [-0.3, -0.25) is 19.8 Å². The van der Waals surface area contributed by atoms with Gasteiger partial charge < -0.3 is 0 Å². The smallest absolute Gasteiger partial charge is 0.243 e. The van der Waals surface area contributed by atoms with Crippen LogP contribution in [0.15, 0.2) is 47.6 Å². The summed E-state index contributed by atoms with van der Waals surface area (Å²) in [6.45, 7) is 4.50. The molecule has 0 unspecified atom stereocenters. The van der Waals surface area contributed by atoms with Crippen LogP contribution in [0.4, 0.5) is 5.95 Å². The summed E-state index contributed by atoms with van der Waals surface area (Å²) in [5.74, 6) is -0.202. The zero-order valence-corrected chi connectivity index (χ0v) is 17.1. The molecule has 0 radical (unpaired) electrons. The first kappa shape index (κ1) is 21.0. The highest BCUT2D eigenvalue weighted by atomic mass is 32.2. The number of rotatable bonds is 6. The molecule has 3 rings (SSSR count). The number of anilines is 1. The molecule has 29 heavy (non-hydrogen) atoms. The Morgan fingerprint density at radius 2 is 1.72 bits per heavy atom. The van der Waals surface area contributed by atoms with E-state index in [1.54, 1.807) is 25.1 Å². The number of amides is 1. The molecule has 1 aliphatic heterocycles. The Labute approximate surface area is 169 Å². The third-order valence-electron chi connectivity index (χ3n) is 4.88. The molecular weight excluding hydrogens is 394 g/mol. The van der Waals surface area contributed by atoms with Crippen LogP contribution in [0.2, 0.25) is 0 Å². The number of carbonyl (C=O) groups excluding carboxylic acids is 2. The number of hydrogen-bond acceptors (Lipinski definition) is 7. The number of hydrogen-bond donors (Lipinski definition) is 1. The van der Waals surface area contributed by atoms with E-state index in [-0.39, 0.29) is 35.6 Å². The van der Waals surface area contributed by atoms with Gasteiger partial charge >= 0.3 is 0 Å². The van der Waals surface area contributed by atoms with Crippen molar-refractivity contribution in [2.45, 2.75) is 24.8 Å². The molecular formula is C19H23N5O4S. The minimum atomic E-state index is -3.70. The minimum Gasteiger partial charge on any atom is -0.295 e. The average molecular weight is 417 g/mol. The molecule has 2 heterocycles. The third kappa shape index (κ3) is 4.84. The van der Waals surface area contributed by atoms with Crippen LogP contribution < -0.4 is 5.32 Å². The van der Waals surface area contributed by atoms with Crippen molar-refractivity contribution >= 4 is 27.7 Å². The van der Waals surface area contributed by atoms with E-state index in [0.29, 0.717) is 18.7 Å². The molecule has 1 atom stereocenters. The van der Waals surface area contributed by atoms with Crippen LogP contribution in [-0.4, -0.2) is 71.5 Å². The molecule has 0 saturated carbocycles. The first-order valence-corrected chi connectivity index (χ1v) is 10.7. The number of Topliss-reactive ketones (excluding diaryl/α,β-unsaturated/α-hetero) is 1. The van der Waals surface area contributed by atoms with Gasteiger partial charge in [0.05, 0.1) is 10.9 Å². The zero-order valence-electron chi connectivity index (χ0n) is 16.3. The van der Waals surface area contributed by atoms with Crippen molar-refractivity contribution in [1.82, 2.24) is 19.2 Å². The maximum absolute atomic E-state index is 12.9. The van der Waals surface area contributed by atoms with Gasteiger partial charge in [-0.2, -0.15) is 4.31 Å². The van der Waals surface area contributed by atoms with Gasteiger partial charge in [0.1, 0.15) is 0 Å². The number of nitrogens with one attached hydrogen (secondary N) is 1. The molecule has 1 aliphatic rings. The summed E-state index contributed by atoms with van der Waals surface area (Å²) in [7, 11) is -3.70. The van der Waals surface area contributed by atoms with Crippen molar-refractivity contribution < 1.29 is 18.0 Å². The van der Waals surface area contributed by atoms with E-state index >= 15 is 0 Å². The van der Waals surface area contributed by atoms with Crippen molar-refractivity contribution in [2.24, 2.45) is 0 Å². The van der Waals surface area contributed by atoms with Crippen molar-refractivity contribution in [2.75, 3.05) is 31.5 Å². The highest BCUT2D eigenvalue weighted by Gasteiger charge is 2.32. The molecule has 0 bridgehead atoms. The highest BCUT2D eigenvalue weighted by Crippen LogP contribution is 2.20. The molecule has 9 nitrogen and oxygen atoms in total. The quantitative estimate of drug-likeness (QED) is 0.698. The fraction of sp³-hybridized carbons (Fsp3) is 0.368. The van der Waals surface area contributed by atoms with Gasteiger partial charge in [0.15, 0.2) is 5.78 Å². The summed E-state index contributed by atoms with van der Waals surface area (Å²) in [5, 5.41) is 2.66. The van der Waals surface area contributed by atoms with Gasteiger partial charge in [0.2, 0.25) is 21.9 Å². The molecule has 1 N–H and O–H groups in total. The summed E-state index contributed by atoms with van der Waals surface area (Å²) in [4.78, 5) is 33.9. The maximum Gasteiger partial charge on any atom is 0.243 e. The number of ketones is 1.